The SMILES string of the molecule is CCc1ccc(C[C@@H](N)C(=O)N2CCc3ccc(CN(C)C)cc3CC2)cc1CC. The molecule has 1 atom stereocenters. The predicted molar refractivity (Wildman–Crippen MR) is 125 cm³/mol. The number of nitrogens with two attached hydrogens (primary N) is 1. The van der Waals surface area contributed by atoms with Gasteiger partial charge in [-0.2, -0.15) is 0 Å². The summed E-state index contributed by atoms with van der Waals surface area (Å²) in [4.78, 5) is 17.2. The number of aryl methyl sites for hydroxylation is 2. The Hall–Kier alpha value is -2.17. The zero-order valence-electron chi connectivity index (χ0n) is 19.1. The van der Waals surface area contributed by atoms with Crippen molar-refractivity contribution in [2.75, 3.05) is 27.2 Å². The molecule has 3 rings (SSSR count). The van der Waals surface area contributed by atoms with Crippen LogP contribution in [0.15, 0.2) is 36.4 Å². The first-order valence-corrected chi connectivity index (χ1v) is 11.3. The normalized spacial score (nSPS) is 15.1. The van der Waals surface area contributed by atoms with Gasteiger partial charge in [0.1, 0.15) is 0 Å². The maximum absolute atomic E-state index is 13.1. The monoisotopic (exact) mass is 407 g/mol. The standard InChI is InChI=1S/C26H37N3O/c1-5-21-9-7-19(15-22(21)6-2)17-25(27)26(30)29-13-11-23-10-8-20(18-28(3)4)16-24(23)12-14-29/h7-10,15-16,25H,5-6,11-14,17-18,27H2,1-4H3/t25-/m1/s1. The van der Waals surface area contributed by atoms with Crippen LogP contribution in [0.2, 0.25) is 0 Å². The average molecular weight is 408 g/mol. The van der Waals surface area contributed by atoms with Crippen LogP contribution in [0.25, 0.3) is 0 Å². The van der Waals surface area contributed by atoms with Crippen molar-refractivity contribution in [1.82, 2.24) is 9.80 Å². The Labute approximate surface area is 182 Å². The zero-order valence-corrected chi connectivity index (χ0v) is 19.1. The summed E-state index contributed by atoms with van der Waals surface area (Å²) in [6.07, 6.45) is 4.47. The highest BCUT2D eigenvalue weighted by atomic mass is 16.2. The quantitative estimate of drug-likeness (QED) is 0.766. The van der Waals surface area contributed by atoms with Crippen LogP contribution in [-0.4, -0.2) is 48.9 Å². The van der Waals surface area contributed by atoms with Crippen LogP contribution < -0.4 is 5.73 Å². The van der Waals surface area contributed by atoms with Gasteiger partial charge in [0.05, 0.1) is 6.04 Å². The van der Waals surface area contributed by atoms with Crippen molar-refractivity contribution < 1.29 is 4.79 Å². The third-order valence-electron chi connectivity index (χ3n) is 6.19. The second-order valence-corrected chi connectivity index (χ2v) is 8.79. The first kappa shape index (κ1) is 22.5. The number of carbonyl (C=O) groups excluding carboxylic acids is 1. The van der Waals surface area contributed by atoms with E-state index >= 15 is 0 Å². The Kier molecular flexibility index (Phi) is 7.68. The summed E-state index contributed by atoms with van der Waals surface area (Å²) in [6.45, 7) is 6.81. The molecule has 1 heterocycles. The van der Waals surface area contributed by atoms with Crippen LogP contribution in [0, 0.1) is 0 Å². The van der Waals surface area contributed by atoms with E-state index in [1.807, 2.05) is 4.90 Å². The van der Waals surface area contributed by atoms with E-state index in [1.165, 1.54) is 27.8 Å². The van der Waals surface area contributed by atoms with Crippen molar-refractivity contribution in [3.8, 4) is 0 Å². The largest absolute Gasteiger partial charge is 0.341 e. The molecule has 0 aliphatic carbocycles. The highest BCUT2D eigenvalue weighted by Gasteiger charge is 2.24. The molecular formula is C26H37N3O. The molecule has 0 aromatic heterocycles. The second kappa shape index (κ2) is 10.2. The fourth-order valence-corrected chi connectivity index (χ4v) is 4.52. The van der Waals surface area contributed by atoms with Crippen molar-refractivity contribution >= 4 is 5.91 Å². The van der Waals surface area contributed by atoms with E-state index in [2.05, 4.69) is 69.2 Å². The van der Waals surface area contributed by atoms with Crippen molar-refractivity contribution in [3.63, 3.8) is 0 Å². The zero-order chi connectivity index (χ0) is 21.7. The summed E-state index contributed by atoms with van der Waals surface area (Å²) >= 11 is 0. The Morgan fingerprint density at radius 3 is 2.30 bits per heavy atom. The number of hydrogen-bond donors (Lipinski definition) is 1. The van der Waals surface area contributed by atoms with E-state index in [1.54, 1.807) is 0 Å². The minimum atomic E-state index is -0.479. The van der Waals surface area contributed by atoms with Gasteiger partial charge in [-0.15, -0.1) is 0 Å². The van der Waals surface area contributed by atoms with Crippen molar-refractivity contribution in [1.29, 1.82) is 0 Å². The van der Waals surface area contributed by atoms with Crippen LogP contribution in [0.1, 0.15) is 47.2 Å². The molecule has 0 fully saturated rings. The van der Waals surface area contributed by atoms with Crippen LogP contribution in [0.3, 0.4) is 0 Å². The fourth-order valence-electron chi connectivity index (χ4n) is 4.52. The van der Waals surface area contributed by atoms with Crippen molar-refractivity contribution in [3.05, 3.63) is 69.8 Å². The van der Waals surface area contributed by atoms with E-state index < -0.39 is 6.04 Å². The maximum atomic E-state index is 13.1. The summed E-state index contributed by atoms with van der Waals surface area (Å²) in [7, 11) is 4.18. The maximum Gasteiger partial charge on any atom is 0.239 e. The van der Waals surface area contributed by atoms with Gasteiger partial charge in [0.2, 0.25) is 5.91 Å². The number of amides is 1. The van der Waals surface area contributed by atoms with Gasteiger partial charge in [0.25, 0.3) is 0 Å². The third kappa shape index (κ3) is 5.50. The molecule has 0 bridgehead atoms. The number of rotatable bonds is 7. The van der Waals surface area contributed by atoms with E-state index in [4.69, 9.17) is 5.73 Å². The van der Waals surface area contributed by atoms with Gasteiger partial charge in [0, 0.05) is 19.6 Å². The topological polar surface area (TPSA) is 49.6 Å². The molecule has 2 aromatic rings. The summed E-state index contributed by atoms with van der Waals surface area (Å²) in [5, 5.41) is 0. The lowest BCUT2D eigenvalue weighted by Crippen LogP contribution is -2.46. The Morgan fingerprint density at radius 2 is 1.63 bits per heavy atom. The minimum Gasteiger partial charge on any atom is -0.341 e. The molecule has 4 nitrogen and oxygen atoms in total. The van der Waals surface area contributed by atoms with E-state index in [0.29, 0.717) is 6.42 Å². The van der Waals surface area contributed by atoms with Crippen molar-refractivity contribution in [2.24, 2.45) is 5.73 Å². The molecule has 4 heteroatoms. The molecule has 2 aromatic carbocycles. The average Bonchev–Trinajstić information content (AvgIpc) is 2.94. The predicted octanol–water partition coefficient (Wildman–Crippen LogP) is 3.37. The van der Waals surface area contributed by atoms with Gasteiger partial charge in [-0.25, -0.2) is 0 Å². The van der Waals surface area contributed by atoms with Crippen LogP contribution >= 0.6 is 0 Å². The molecule has 0 radical (unpaired) electrons. The molecule has 1 amide bonds. The summed E-state index contributed by atoms with van der Waals surface area (Å²) in [5.74, 6) is 0.0777. The smallest absolute Gasteiger partial charge is 0.239 e. The van der Waals surface area contributed by atoms with Gasteiger partial charge in [-0.3, -0.25) is 4.79 Å². The Morgan fingerprint density at radius 1 is 0.967 bits per heavy atom. The molecular weight excluding hydrogens is 370 g/mol. The summed E-state index contributed by atoms with van der Waals surface area (Å²) in [6, 6.07) is 12.8. The van der Waals surface area contributed by atoms with Crippen LogP contribution in [0.5, 0.6) is 0 Å². The summed E-state index contributed by atoms with van der Waals surface area (Å²) in [5.41, 5.74) is 14.4. The molecule has 0 spiro atoms. The van der Waals surface area contributed by atoms with Crippen molar-refractivity contribution in [2.45, 2.75) is 58.5 Å². The molecule has 1 aliphatic heterocycles. The fraction of sp³-hybridized carbons (Fsp3) is 0.500. The van der Waals surface area contributed by atoms with Crippen LogP contribution in [0.4, 0.5) is 0 Å². The number of nitrogens with zero attached hydrogens (tertiary/aromatic N) is 2. The van der Waals surface area contributed by atoms with Gasteiger partial charge in [-0.05, 0) is 79.6 Å². The van der Waals surface area contributed by atoms with Gasteiger partial charge in [0.15, 0.2) is 0 Å². The highest BCUT2D eigenvalue weighted by Crippen LogP contribution is 2.20. The molecule has 1 aliphatic rings. The summed E-state index contributed by atoms with van der Waals surface area (Å²) < 4.78 is 0. The molecule has 30 heavy (non-hydrogen) atoms. The first-order chi connectivity index (χ1) is 14.4. The first-order valence-electron chi connectivity index (χ1n) is 11.3. The third-order valence-corrected chi connectivity index (χ3v) is 6.19. The second-order valence-electron chi connectivity index (χ2n) is 8.79. The molecule has 0 unspecified atom stereocenters. The van der Waals surface area contributed by atoms with Gasteiger partial charge >= 0.3 is 0 Å². The van der Waals surface area contributed by atoms with Gasteiger partial charge < -0.3 is 15.5 Å². The molecule has 2 N–H and O–H groups in total. The van der Waals surface area contributed by atoms with E-state index in [0.717, 1.165) is 50.9 Å². The number of hydrogen-bond acceptors (Lipinski definition) is 3. The lowest BCUT2D eigenvalue weighted by molar-refractivity contribution is -0.132. The minimum absolute atomic E-state index is 0.0777. The van der Waals surface area contributed by atoms with Gasteiger partial charge in [-0.1, -0.05) is 50.2 Å². The molecule has 162 valence electrons. The molecule has 0 saturated heterocycles. The lowest BCUT2D eigenvalue weighted by Gasteiger charge is -2.24. The Bertz CT molecular complexity index is 875. The number of fused-ring (bicyclic) bond motifs is 1. The van der Waals surface area contributed by atoms with E-state index in [9.17, 15) is 4.79 Å². The van der Waals surface area contributed by atoms with Crippen LogP contribution in [-0.2, 0) is 43.4 Å². The number of benzene rings is 2. The molecule has 0 saturated carbocycles. The van der Waals surface area contributed by atoms with E-state index in [-0.39, 0.29) is 5.91 Å². The lowest BCUT2D eigenvalue weighted by atomic mass is 9.96. The number of carbonyl (C=O) groups is 1. The highest BCUT2D eigenvalue weighted by molar-refractivity contribution is 5.82. The Balaban J connectivity index is 1.64.